The SMILES string of the molecule is CCOc1cc([C@@H]2C(C#N)=C(N)Oc3cc4c(cc32)OCO4)cc(I)c1OCc1cccc(Cl)c1. The Hall–Kier alpha value is -3.29. The maximum atomic E-state index is 9.95. The Labute approximate surface area is 221 Å². The number of benzene rings is 3. The van der Waals surface area contributed by atoms with Gasteiger partial charge in [-0.15, -0.1) is 0 Å². The van der Waals surface area contributed by atoms with Gasteiger partial charge in [-0.1, -0.05) is 23.7 Å². The molecule has 0 unspecified atom stereocenters. The maximum absolute atomic E-state index is 9.95. The summed E-state index contributed by atoms with van der Waals surface area (Å²) in [4.78, 5) is 0. The van der Waals surface area contributed by atoms with E-state index in [1.807, 2.05) is 49.4 Å². The van der Waals surface area contributed by atoms with Gasteiger partial charge in [-0.2, -0.15) is 5.26 Å². The molecule has 0 saturated carbocycles. The second-order valence-corrected chi connectivity index (χ2v) is 9.45. The van der Waals surface area contributed by atoms with Gasteiger partial charge in [-0.05, 0) is 71.0 Å². The number of nitriles is 1. The number of allylic oxidation sites excluding steroid dienone is 1. The molecule has 3 aromatic carbocycles. The molecule has 178 valence electrons. The summed E-state index contributed by atoms with van der Waals surface area (Å²) in [7, 11) is 0. The Kier molecular flexibility index (Phi) is 6.54. The molecular weight excluding hydrogens is 583 g/mol. The minimum absolute atomic E-state index is 0.0538. The summed E-state index contributed by atoms with van der Waals surface area (Å²) in [6.45, 7) is 2.81. The lowest BCUT2D eigenvalue weighted by Crippen LogP contribution is -2.21. The van der Waals surface area contributed by atoms with E-state index < -0.39 is 5.92 Å². The highest BCUT2D eigenvalue weighted by Crippen LogP contribution is 2.49. The minimum atomic E-state index is -0.479. The molecule has 2 heterocycles. The maximum Gasteiger partial charge on any atom is 0.231 e. The molecule has 0 radical (unpaired) electrons. The number of ether oxygens (including phenoxy) is 5. The smallest absolute Gasteiger partial charge is 0.231 e. The van der Waals surface area contributed by atoms with Crippen molar-refractivity contribution in [1.29, 1.82) is 5.26 Å². The van der Waals surface area contributed by atoms with Crippen LogP contribution in [0.5, 0.6) is 28.7 Å². The number of halogens is 2. The third-order valence-electron chi connectivity index (χ3n) is 5.65. The topological polar surface area (TPSA) is 96.0 Å². The van der Waals surface area contributed by atoms with Crippen LogP contribution in [-0.2, 0) is 6.61 Å². The zero-order valence-electron chi connectivity index (χ0n) is 18.6. The van der Waals surface area contributed by atoms with Crippen LogP contribution in [0.4, 0.5) is 0 Å². The molecule has 0 amide bonds. The first-order chi connectivity index (χ1) is 17.0. The Morgan fingerprint density at radius 3 is 2.66 bits per heavy atom. The summed E-state index contributed by atoms with van der Waals surface area (Å²) in [5.41, 5.74) is 8.98. The molecule has 3 aromatic rings. The van der Waals surface area contributed by atoms with Crippen LogP contribution in [0.1, 0.15) is 29.5 Å². The molecule has 2 aliphatic heterocycles. The Morgan fingerprint density at radius 1 is 1.11 bits per heavy atom. The van der Waals surface area contributed by atoms with Crippen molar-refractivity contribution in [3.8, 4) is 34.8 Å². The van der Waals surface area contributed by atoms with Crippen molar-refractivity contribution in [2.24, 2.45) is 5.73 Å². The molecule has 1 atom stereocenters. The monoisotopic (exact) mass is 602 g/mol. The summed E-state index contributed by atoms with van der Waals surface area (Å²) in [6, 6.07) is 17.1. The average Bonchev–Trinajstić information content (AvgIpc) is 3.29. The van der Waals surface area contributed by atoms with E-state index in [4.69, 9.17) is 41.0 Å². The number of nitrogens with zero attached hydrogens (tertiary/aromatic N) is 1. The van der Waals surface area contributed by atoms with Crippen LogP contribution in [0.25, 0.3) is 0 Å². The molecular formula is C26H20ClIN2O5. The molecule has 0 aromatic heterocycles. The van der Waals surface area contributed by atoms with Crippen LogP contribution in [-0.4, -0.2) is 13.4 Å². The van der Waals surface area contributed by atoms with Crippen LogP contribution >= 0.6 is 34.2 Å². The van der Waals surface area contributed by atoms with E-state index >= 15 is 0 Å². The van der Waals surface area contributed by atoms with Crippen LogP contribution < -0.4 is 29.4 Å². The minimum Gasteiger partial charge on any atom is -0.490 e. The molecule has 0 aliphatic carbocycles. The van der Waals surface area contributed by atoms with Gasteiger partial charge in [0, 0.05) is 16.7 Å². The summed E-state index contributed by atoms with van der Waals surface area (Å²) in [5, 5.41) is 10.6. The molecule has 5 rings (SSSR count). The van der Waals surface area contributed by atoms with E-state index in [0.29, 0.717) is 52.6 Å². The number of hydrogen-bond donors (Lipinski definition) is 1. The highest BCUT2D eigenvalue weighted by atomic mass is 127. The molecule has 2 N–H and O–H groups in total. The Bertz CT molecular complexity index is 1380. The van der Waals surface area contributed by atoms with E-state index in [2.05, 4.69) is 28.7 Å². The summed E-state index contributed by atoms with van der Waals surface area (Å²) in [6.07, 6.45) is 0. The molecule has 9 heteroatoms. The summed E-state index contributed by atoms with van der Waals surface area (Å²) in [5.74, 6) is 2.45. The van der Waals surface area contributed by atoms with Gasteiger partial charge in [0.05, 0.1) is 16.1 Å². The fourth-order valence-corrected chi connectivity index (χ4v) is 5.12. The molecule has 0 bridgehead atoms. The second-order valence-electron chi connectivity index (χ2n) is 7.85. The van der Waals surface area contributed by atoms with Gasteiger partial charge in [-0.25, -0.2) is 0 Å². The van der Waals surface area contributed by atoms with Gasteiger partial charge in [0.25, 0.3) is 0 Å². The first-order valence-electron chi connectivity index (χ1n) is 10.8. The van der Waals surface area contributed by atoms with Crippen LogP contribution in [0, 0.1) is 14.9 Å². The highest BCUT2D eigenvalue weighted by Gasteiger charge is 2.34. The largest absolute Gasteiger partial charge is 0.490 e. The van der Waals surface area contributed by atoms with Crippen LogP contribution in [0.2, 0.25) is 5.02 Å². The molecule has 35 heavy (non-hydrogen) atoms. The van der Waals surface area contributed by atoms with Gasteiger partial charge >= 0.3 is 0 Å². The molecule has 2 aliphatic rings. The van der Waals surface area contributed by atoms with Gasteiger partial charge in [0.1, 0.15) is 24.0 Å². The standard InChI is InChI=1S/C26H20ClIN2O5/c1-2-31-23-8-15(7-19(28)25(23)32-12-14-4-3-5-16(27)6-14)24-17-9-21-22(34-13-33-21)10-20(17)35-26(30)18(24)11-29/h3-10,24H,2,12-13,30H2,1H3/t24-/m0/s1. The molecule has 0 fully saturated rings. The van der Waals surface area contributed by atoms with E-state index in [-0.39, 0.29) is 12.7 Å². The van der Waals surface area contributed by atoms with Crippen molar-refractivity contribution in [1.82, 2.24) is 0 Å². The van der Waals surface area contributed by atoms with Crippen molar-refractivity contribution >= 4 is 34.2 Å². The Morgan fingerprint density at radius 2 is 1.91 bits per heavy atom. The highest BCUT2D eigenvalue weighted by molar-refractivity contribution is 14.1. The first kappa shape index (κ1) is 23.5. The number of hydrogen-bond acceptors (Lipinski definition) is 7. The van der Waals surface area contributed by atoms with Gasteiger partial charge in [-0.3, -0.25) is 0 Å². The van der Waals surface area contributed by atoms with Crippen molar-refractivity contribution in [3.05, 3.63) is 85.3 Å². The van der Waals surface area contributed by atoms with Crippen LogP contribution in [0.3, 0.4) is 0 Å². The number of fused-ring (bicyclic) bond motifs is 2. The molecule has 0 spiro atoms. The zero-order valence-corrected chi connectivity index (χ0v) is 21.6. The predicted octanol–water partition coefficient (Wildman–Crippen LogP) is 5.87. The normalized spacial score (nSPS) is 15.8. The van der Waals surface area contributed by atoms with E-state index in [1.54, 1.807) is 6.07 Å². The first-order valence-corrected chi connectivity index (χ1v) is 12.3. The van der Waals surface area contributed by atoms with Crippen molar-refractivity contribution in [2.45, 2.75) is 19.4 Å². The second kappa shape index (κ2) is 9.76. The molecule has 0 saturated heterocycles. The van der Waals surface area contributed by atoms with Crippen molar-refractivity contribution in [2.75, 3.05) is 13.4 Å². The summed E-state index contributed by atoms with van der Waals surface area (Å²) < 4.78 is 29.8. The van der Waals surface area contributed by atoms with Crippen molar-refractivity contribution in [3.63, 3.8) is 0 Å². The Balaban J connectivity index is 1.57. The van der Waals surface area contributed by atoms with Gasteiger partial charge in [0.15, 0.2) is 23.0 Å². The number of rotatable bonds is 6. The predicted molar refractivity (Wildman–Crippen MR) is 138 cm³/mol. The molecule has 7 nitrogen and oxygen atoms in total. The fourth-order valence-electron chi connectivity index (χ4n) is 4.13. The lowest BCUT2D eigenvalue weighted by molar-refractivity contribution is 0.174. The third kappa shape index (κ3) is 4.54. The lowest BCUT2D eigenvalue weighted by Gasteiger charge is -2.27. The summed E-state index contributed by atoms with van der Waals surface area (Å²) >= 11 is 8.32. The fraction of sp³-hybridized carbons (Fsp3) is 0.192. The van der Waals surface area contributed by atoms with E-state index in [1.165, 1.54) is 0 Å². The quantitative estimate of drug-likeness (QED) is 0.353. The third-order valence-corrected chi connectivity index (χ3v) is 6.68. The van der Waals surface area contributed by atoms with Gasteiger partial charge in [0.2, 0.25) is 12.7 Å². The van der Waals surface area contributed by atoms with E-state index in [9.17, 15) is 5.26 Å². The lowest BCUT2D eigenvalue weighted by atomic mass is 9.83. The van der Waals surface area contributed by atoms with Crippen LogP contribution in [0.15, 0.2) is 60.0 Å². The number of nitrogens with two attached hydrogens (primary N) is 1. The van der Waals surface area contributed by atoms with E-state index in [0.717, 1.165) is 20.3 Å². The van der Waals surface area contributed by atoms with Crippen molar-refractivity contribution < 1.29 is 23.7 Å². The average molecular weight is 603 g/mol. The van der Waals surface area contributed by atoms with Gasteiger partial charge < -0.3 is 29.4 Å². The zero-order chi connectivity index (χ0) is 24.5.